The lowest BCUT2D eigenvalue weighted by atomic mass is 9.86. The third kappa shape index (κ3) is 5.01. The molecule has 0 amide bonds. The van der Waals surface area contributed by atoms with Crippen molar-refractivity contribution in [3.8, 4) is 5.75 Å². The van der Waals surface area contributed by atoms with Crippen LogP contribution in [-0.2, 0) is 0 Å². The molecule has 0 radical (unpaired) electrons. The Balaban J connectivity index is 1.99. The molecule has 1 aliphatic rings. The molecule has 0 aromatic heterocycles. The molecule has 2 atom stereocenters. The van der Waals surface area contributed by atoms with E-state index in [1.165, 1.54) is 24.8 Å². The van der Waals surface area contributed by atoms with E-state index in [0.29, 0.717) is 12.0 Å². The number of nitrogens with zero attached hydrogens (tertiary/aromatic N) is 1. The minimum Gasteiger partial charge on any atom is -0.493 e. The Labute approximate surface area is 129 Å². The third-order valence-electron chi connectivity index (χ3n) is 4.26. The summed E-state index contributed by atoms with van der Waals surface area (Å²) in [5.41, 5.74) is 1.40. The summed E-state index contributed by atoms with van der Waals surface area (Å²) in [5.74, 6) is 1.72. The van der Waals surface area contributed by atoms with Crippen molar-refractivity contribution in [3.63, 3.8) is 0 Å². The lowest BCUT2D eigenvalue weighted by Gasteiger charge is -2.30. The molecule has 0 spiro atoms. The molecule has 1 N–H and O–H groups in total. The van der Waals surface area contributed by atoms with Crippen molar-refractivity contribution in [2.24, 2.45) is 0 Å². The van der Waals surface area contributed by atoms with Crippen LogP contribution in [0.3, 0.4) is 0 Å². The standard InChI is InChI=1S/C18H30N2O/c1-4-11-19-16(9-12-20(2)3)14-15-10-13-21-18-8-6-5-7-17(15)18/h5-8,15-16,19H,4,9-14H2,1-3H3. The molecule has 118 valence electrons. The maximum atomic E-state index is 5.79. The summed E-state index contributed by atoms with van der Waals surface area (Å²) in [6.07, 6.45) is 4.77. The average molecular weight is 290 g/mol. The van der Waals surface area contributed by atoms with Gasteiger partial charge in [-0.25, -0.2) is 0 Å². The predicted molar refractivity (Wildman–Crippen MR) is 89.2 cm³/mol. The van der Waals surface area contributed by atoms with E-state index in [9.17, 15) is 0 Å². The van der Waals surface area contributed by atoms with Crippen LogP contribution in [0.25, 0.3) is 0 Å². The van der Waals surface area contributed by atoms with Gasteiger partial charge in [0.2, 0.25) is 0 Å². The highest BCUT2D eigenvalue weighted by atomic mass is 16.5. The zero-order valence-electron chi connectivity index (χ0n) is 13.8. The maximum absolute atomic E-state index is 5.79. The second-order valence-corrected chi connectivity index (χ2v) is 6.35. The molecule has 1 aliphatic heterocycles. The molecule has 0 fully saturated rings. The van der Waals surface area contributed by atoms with Gasteiger partial charge in [0.25, 0.3) is 0 Å². The van der Waals surface area contributed by atoms with Crippen LogP contribution in [0, 0.1) is 0 Å². The fraction of sp³-hybridized carbons (Fsp3) is 0.667. The second-order valence-electron chi connectivity index (χ2n) is 6.35. The number of hydrogen-bond donors (Lipinski definition) is 1. The first-order chi connectivity index (χ1) is 10.2. The highest BCUT2D eigenvalue weighted by molar-refractivity contribution is 5.37. The lowest BCUT2D eigenvalue weighted by molar-refractivity contribution is 0.249. The monoisotopic (exact) mass is 290 g/mol. The molecule has 2 rings (SSSR count). The Kier molecular flexibility index (Phi) is 6.52. The topological polar surface area (TPSA) is 24.5 Å². The van der Waals surface area contributed by atoms with Crippen molar-refractivity contribution in [3.05, 3.63) is 29.8 Å². The normalized spacial score (nSPS) is 19.1. The van der Waals surface area contributed by atoms with Gasteiger partial charge in [0.1, 0.15) is 5.75 Å². The van der Waals surface area contributed by atoms with Crippen molar-refractivity contribution < 1.29 is 4.74 Å². The van der Waals surface area contributed by atoms with E-state index in [-0.39, 0.29) is 0 Å². The molecule has 2 unspecified atom stereocenters. The van der Waals surface area contributed by atoms with Gasteiger partial charge >= 0.3 is 0 Å². The van der Waals surface area contributed by atoms with Gasteiger partial charge in [-0.2, -0.15) is 0 Å². The summed E-state index contributed by atoms with van der Waals surface area (Å²) in [4.78, 5) is 2.28. The first-order valence-electron chi connectivity index (χ1n) is 8.30. The Bertz CT molecular complexity index is 419. The van der Waals surface area contributed by atoms with E-state index in [4.69, 9.17) is 4.74 Å². The highest BCUT2D eigenvalue weighted by Crippen LogP contribution is 2.36. The van der Waals surface area contributed by atoms with Crippen molar-refractivity contribution >= 4 is 0 Å². The largest absolute Gasteiger partial charge is 0.493 e. The summed E-state index contributed by atoms with van der Waals surface area (Å²) in [5, 5.41) is 3.74. The van der Waals surface area contributed by atoms with E-state index in [1.54, 1.807) is 0 Å². The van der Waals surface area contributed by atoms with Gasteiger partial charge in [0.05, 0.1) is 6.61 Å². The van der Waals surface area contributed by atoms with Gasteiger partial charge in [0.15, 0.2) is 0 Å². The molecule has 3 heteroatoms. The third-order valence-corrected chi connectivity index (χ3v) is 4.26. The maximum Gasteiger partial charge on any atom is 0.122 e. The predicted octanol–water partition coefficient (Wildman–Crippen LogP) is 3.26. The molecule has 0 saturated carbocycles. The second kappa shape index (κ2) is 8.40. The molecule has 1 aromatic rings. The number of nitrogens with one attached hydrogen (secondary N) is 1. The van der Waals surface area contributed by atoms with Crippen LogP contribution in [0.1, 0.15) is 44.1 Å². The van der Waals surface area contributed by atoms with E-state index in [0.717, 1.165) is 31.9 Å². The Morgan fingerprint density at radius 1 is 1.33 bits per heavy atom. The van der Waals surface area contributed by atoms with Crippen molar-refractivity contribution in [2.75, 3.05) is 33.8 Å². The van der Waals surface area contributed by atoms with Gasteiger partial charge in [-0.1, -0.05) is 25.1 Å². The summed E-state index contributed by atoms with van der Waals surface area (Å²) >= 11 is 0. The summed E-state index contributed by atoms with van der Waals surface area (Å²) in [7, 11) is 4.31. The lowest BCUT2D eigenvalue weighted by Crippen LogP contribution is -2.35. The summed E-state index contributed by atoms with van der Waals surface area (Å²) in [6.45, 7) is 5.35. The fourth-order valence-corrected chi connectivity index (χ4v) is 3.07. The van der Waals surface area contributed by atoms with Gasteiger partial charge < -0.3 is 15.0 Å². The van der Waals surface area contributed by atoms with Gasteiger partial charge in [-0.15, -0.1) is 0 Å². The van der Waals surface area contributed by atoms with Crippen molar-refractivity contribution in [1.29, 1.82) is 0 Å². The molecule has 3 nitrogen and oxygen atoms in total. The summed E-state index contributed by atoms with van der Waals surface area (Å²) < 4.78 is 5.79. The van der Waals surface area contributed by atoms with Crippen LogP contribution >= 0.6 is 0 Å². The van der Waals surface area contributed by atoms with Crippen molar-refractivity contribution in [1.82, 2.24) is 10.2 Å². The zero-order valence-corrected chi connectivity index (χ0v) is 13.8. The molecular weight excluding hydrogens is 260 g/mol. The number of ether oxygens (including phenoxy) is 1. The molecule has 0 aliphatic carbocycles. The minimum absolute atomic E-state index is 0.600. The Morgan fingerprint density at radius 2 is 2.14 bits per heavy atom. The number of fused-ring (bicyclic) bond motifs is 1. The Morgan fingerprint density at radius 3 is 2.90 bits per heavy atom. The molecular formula is C18H30N2O. The molecule has 21 heavy (non-hydrogen) atoms. The van der Waals surface area contributed by atoms with Crippen LogP contribution in [0.2, 0.25) is 0 Å². The first-order valence-corrected chi connectivity index (χ1v) is 8.30. The summed E-state index contributed by atoms with van der Waals surface area (Å²) in [6, 6.07) is 9.15. The highest BCUT2D eigenvalue weighted by Gasteiger charge is 2.24. The van der Waals surface area contributed by atoms with Gasteiger partial charge in [-0.05, 0) is 70.4 Å². The minimum atomic E-state index is 0.600. The molecule has 0 saturated heterocycles. The molecule has 1 heterocycles. The average Bonchev–Trinajstić information content (AvgIpc) is 2.50. The van der Waals surface area contributed by atoms with E-state index in [2.05, 4.69) is 55.5 Å². The van der Waals surface area contributed by atoms with Gasteiger partial charge in [0, 0.05) is 6.04 Å². The van der Waals surface area contributed by atoms with E-state index in [1.807, 2.05) is 0 Å². The van der Waals surface area contributed by atoms with E-state index >= 15 is 0 Å². The zero-order chi connectivity index (χ0) is 15.1. The number of rotatable bonds is 8. The van der Waals surface area contributed by atoms with Crippen molar-refractivity contribution in [2.45, 2.75) is 44.6 Å². The SMILES string of the molecule is CCCNC(CCN(C)C)CC1CCOc2ccccc21. The first kappa shape index (κ1) is 16.3. The van der Waals surface area contributed by atoms with E-state index < -0.39 is 0 Å². The number of para-hydroxylation sites is 1. The Hall–Kier alpha value is -1.06. The smallest absolute Gasteiger partial charge is 0.122 e. The number of benzene rings is 1. The molecule has 0 bridgehead atoms. The van der Waals surface area contributed by atoms with Crippen LogP contribution in [-0.4, -0.2) is 44.7 Å². The van der Waals surface area contributed by atoms with Crippen LogP contribution in [0.4, 0.5) is 0 Å². The van der Waals surface area contributed by atoms with Crippen LogP contribution < -0.4 is 10.1 Å². The number of hydrogen-bond acceptors (Lipinski definition) is 3. The quantitative estimate of drug-likeness (QED) is 0.795. The van der Waals surface area contributed by atoms with Crippen LogP contribution in [0.15, 0.2) is 24.3 Å². The van der Waals surface area contributed by atoms with Crippen LogP contribution in [0.5, 0.6) is 5.75 Å². The molecule has 1 aromatic carbocycles. The van der Waals surface area contributed by atoms with Gasteiger partial charge in [-0.3, -0.25) is 0 Å². The fourth-order valence-electron chi connectivity index (χ4n) is 3.07.